The maximum Gasteiger partial charge on any atom is 0.220 e. The van der Waals surface area contributed by atoms with E-state index in [1.54, 1.807) is 0 Å². The Labute approximate surface area is 79.5 Å². The van der Waals surface area contributed by atoms with Crippen LogP contribution >= 0.6 is 0 Å². The van der Waals surface area contributed by atoms with Crippen LogP contribution in [0.5, 0.6) is 0 Å². The van der Waals surface area contributed by atoms with Crippen molar-refractivity contribution < 1.29 is 9.90 Å². The Hall–Kier alpha value is -0.570. The molecule has 2 atom stereocenters. The number of aliphatic hydroxyl groups excluding tert-OH is 1. The van der Waals surface area contributed by atoms with Gasteiger partial charge in [0.15, 0.2) is 0 Å². The monoisotopic (exact) mass is 185 g/mol. The van der Waals surface area contributed by atoms with Gasteiger partial charge in [-0.15, -0.1) is 0 Å². The summed E-state index contributed by atoms with van der Waals surface area (Å²) in [5.74, 6) is 0.139. The second-order valence-electron chi connectivity index (χ2n) is 3.83. The van der Waals surface area contributed by atoms with E-state index in [0.717, 1.165) is 32.1 Å². The average Bonchev–Trinajstić information content (AvgIpc) is 2.04. The minimum absolute atomic E-state index is 0.139. The Kier molecular flexibility index (Phi) is 4.22. The summed E-state index contributed by atoms with van der Waals surface area (Å²) in [6, 6.07) is 0.211. The molecule has 13 heavy (non-hydrogen) atoms. The minimum Gasteiger partial charge on any atom is -0.393 e. The van der Waals surface area contributed by atoms with Crippen LogP contribution in [0.3, 0.4) is 0 Å². The number of hydrogen-bond acceptors (Lipinski definition) is 2. The van der Waals surface area contributed by atoms with Gasteiger partial charge in [-0.25, -0.2) is 0 Å². The van der Waals surface area contributed by atoms with Gasteiger partial charge in [0.1, 0.15) is 0 Å². The molecule has 1 rings (SSSR count). The van der Waals surface area contributed by atoms with Crippen LogP contribution in [0.4, 0.5) is 0 Å². The van der Waals surface area contributed by atoms with E-state index in [0.29, 0.717) is 6.42 Å². The number of aliphatic hydroxyl groups is 1. The van der Waals surface area contributed by atoms with Gasteiger partial charge in [0.2, 0.25) is 5.91 Å². The van der Waals surface area contributed by atoms with Crippen LogP contribution in [-0.2, 0) is 4.79 Å². The van der Waals surface area contributed by atoms with Gasteiger partial charge in [-0.05, 0) is 25.7 Å². The van der Waals surface area contributed by atoms with Crippen molar-refractivity contribution in [2.24, 2.45) is 0 Å². The zero-order valence-corrected chi connectivity index (χ0v) is 8.25. The van der Waals surface area contributed by atoms with Crippen molar-refractivity contribution in [2.75, 3.05) is 0 Å². The molecule has 1 aliphatic rings. The van der Waals surface area contributed by atoms with E-state index in [4.69, 9.17) is 0 Å². The largest absolute Gasteiger partial charge is 0.393 e. The Morgan fingerprint density at radius 2 is 2.46 bits per heavy atom. The predicted molar refractivity (Wildman–Crippen MR) is 51.3 cm³/mol. The van der Waals surface area contributed by atoms with Crippen molar-refractivity contribution in [3.8, 4) is 0 Å². The number of carbonyl (C=O) groups excluding carboxylic acids is 1. The van der Waals surface area contributed by atoms with Crippen molar-refractivity contribution >= 4 is 5.91 Å². The fraction of sp³-hybridized carbons (Fsp3) is 0.900. The third kappa shape index (κ3) is 3.77. The molecule has 0 bridgehead atoms. The molecule has 0 aromatic heterocycles. The number of carbonyl (C=O) groups is 1. The number of piperidine rings is 1. The first-order valence-electron chi connectivity index (χ1n) is 5.19. The molecule has 1 fully saturated rings. The lowest BCUT2D eigenvalue weighted by Crippen LogP contribution is -2.40. The summed E-state index contributed by atoms with van der Waals surface area (Å²) >= 11 is 0. The third-order valence-electron chi connectivity index (χ3n) is 2.50. The molecule has 1 amide bonds. The fourth-order valence-electron chi connectivity index (χ4n) is 1.84. The van der Waals surface area contributed by atoms with Gasteiger partial charge in [0, 0.05) is 12.5 Å². The normalized spacial score (nSPS) is 25.4. The first-order valence-corrected chi connectivity index (χ1v) is 5.19. The summed E-state index contributed by atoms with van der Waals surface area (Å²) in [7, 11) is 0. The second kappa shape index (κ2) is 5.22. The Morgan fingerprint density at radius 3 is 3.08 bits per heavy atom. The molecule has 0 radical (unpaired) electrons. The molecule has 1 saturated heterocycles. The molecule has 0 aromatic carbocycles. The van der Waals surface area contributed by atoms with Crippen LogP contribution in [0.15, 0.2) is 0 Å². The van der Waals surface area contributed by atoms with E-state index < -0.39 is 0 Å². The van der Waals surface area contributed by atoms with E-state index in [2.05, 4.69) is 12.2 Å². The van der Waals surface area contributed by atoms with Crippen LogP contribution in [0.1, 0.15) is 45.4 Å². The third-order valence-corrected chi connectivity index (χ3v) is 2.50. The quantitative estimate of drug-likeness (QED) is 0.691. The van der Waals surface area contributed by atoms with Crippen LogP contribution in [0.2, 0.25) is 0 Å². The SMILES string of the molecule is CCC[C@@H](O)C[C@H]1CCCC(=O)N1. The van der Waals surface area contributed by atoms with E-state index in [1.165, 1.54) is 0 Å². The number of amides is 1. The zero-order valence-electron chi connectivity index (χ0n) is 8.25. The highest BCUT2D eigenvalue weighted by Crippen LogP contribution is 2.14. The molecule has 2 N–H and O–H groups in total. The van der Waals surface area contributed by atoms with Crippen LogP contribution < -0.4 is 5.32 Å². The minimum atomic E-state index is -0.242. The maximum absolute atomic E-state index is 11.0. The van der Waals surface area contributed by atoms with E-state index in [-0.39, 0.29) is 18.1 Å². The number of rotatable bonds is 4. The van der Waals surface area contributed by atoms with Gasteiger partial charge in [-0.2, -0.15) is 0 Å². The molecule has 3 heteroatoms. The van der Waals surface area contributed by atoms with Gasteiger partial charge in [-0.3, -0.25) is 4.79 Å². The summed E-state index contributed by atoms with van der Waals surface area (Å²) in [4.78, 5) is 11.0. The summed E-state index contributed by atoms with van der Waals surface area (Å²) in [6.45, 7) is 2.06. The smallest absolute Gasteiger partial charge is 0.220 e. The molecular formula is C10H19NO2. The van der Waals surface area contributed by atoms with Gasteiger partial charge >= 0.3 is 0 Å². The Balaban J connectivity index is 2.23. The number of hydrogen-bond donors (Lipinski definition) is 2. The van der Waals surface area contributed by atoms with Gasteiger partial charge < -0.3 is 10.4 Å². The molecule has 0 spiro atoms. The van der Waals surface area contributed by atoms with E-state index in [9.17, 15) is 9.90 Å². The first kappa shape index (κ1) is 10.5. The average molecular weight is 185 g/mol. The van der Waals surface area contributed by atoms with Crippen molar-refractivity contribution in [3.05, 3.63) is 0 Å². The first-order chi connectivity index (χ1) is 6.22. The molecule has 1 heterocycles. The predicted octanol–water partition coefficient (Wildman–Crippen LogP) is 1.21. The number of nitrogens with one attached hydrogen (secondary N) is 1. The topological polar surface area (TPSA) is 49.3 Å². The van der Waals surface area contributed by atoms with Gasteiger partial charge in [0.25, 0.3) is 0 Å². The highest BCUT2D eigenvalue weighted by molar-refractivity contribution is 5.76. The molecular weight excluding hydrogens is 166 g/mol. The van der Waals surface area contributed by atoms with Crippen LogP contribution in [0.25, 0.3) is 0 Å². The Morgan fingerprint density at radius 1 is 1.69 bits per heavy atom. The molecule has 0 saturated carbocycles. The lowest BCUT2D eigenvalue weighted by atomic mass is 9.97. The summed E-state index contributed by atoms with van der Waals surface area (Å²) in [5, 5.41) is 12.4. The molecule has 0 aliphatic carbocycles. The van der Waals surface area contributed by atoms with E-state index >= 15 is 0 Å². The molecule has 76 valence electrons. The second-order valence-corrected chi connectivity index (χ2v) is 3.83. The van der Waals surface area contributed by atoms with Crippen molar-refractivity contribution in [1.29, 1.82) is 0 Å². The van der Waals surface area contributed by atoms with Crippen molar-refractivity contribution in [2.45, 2.75) is 57.6 Å². The zero-order chi connectivity index (χ0) is 9.68. The lowest BCUT2D eigenvalue weighted by Gasteiger charge is -2.25. The molecule has 0 aromatic rings. The summed E-state index contributed by atoms with van der Waals surface area (Å²) < 4.78 is 0. The molecule has 3 nitrogen and oxygen atoms in total. The van der Waals surface area contributed by atoms with Crippen LogP contribution in [-0.4, -0.2) is 23.2 Å². The molecule has 0 unspecified atom stereocenters. The molecule has 1 aliphatic heterocycles. The summed E-state index contributed by atoms with van der Waals surface area (Å²) in [6.07, 6.45) is 4.96. The van der Waals surface area contributed by atoms with Crippen molar-refractivity contribution in [1.82, 2.24) is 5.32 Å². The van der Waals surface area contributed by atoms with E-state index in [1.807, 2.05) is 0 Å². The fourth-order valence-corrected chi connectivity index (χ4v) is 1.84. The van der Waals surface area contributed by atoms with Gasteiger partial charge in [-0.1, -0.05) is 13.3 Å². The summed E-state index contributed by atoms with van der Waals surface area (Å²) in [5.41, 5.74) is 0. The lowest BCUT2D eigenvalue weighted by molar-refractivity contribution is -0.123. The van der Waals surface area contributed by atoms with Crippen molar-refractivity contribution in [3.63, 3.8) is 0 Å². The van der Waals surface area contributed by atoms with Crippen LogP contribution in [0, 0.1) is 0 Å². The highest BCUT2D eigenvalue weighted by Gasteiger charge is 2.20. The Bertz CT molecular complexity index is 170. The highest BCUT2D eigenvalue weighted by atomic mass is 16.3. The standard InChI is InChI=1S/C10H19NO2/c1-2-4-9(12)7-8-5-3-6-10(13)11-8/h8-9,12H,2-7H2,1H3,(H,11,13)/t8-,9-/m1/s1. The van der Waals surface area contributed by atoms with Gasteiger partial charge in [0.05, 0.1) is 6.10 Å². The maximum atomic E-state index is 11.0.